The Morgan fingerprint density at radius 3 is 2.18 bits per heavy atom. The molecular weight excluding hydrogens is 280 g/mol. The number of carbonyl (C=O) groups excluding carboxylic acids is 2. The molecule has 2 rings (SSSR count). The first-order valence-corrected chi connectivity index (χ1v) is 6.73. The highest BCUT2D eigenvalue weighted by atomic mass is 16.5. The van der Waals surface area contributed by atoms with Crippen LogP contribution in [0.25, 0.3) is 6.08 Å². The van der Waals surface area contributed by atoms with E-state index in [1.54, 1.807) is 42.5 Å². The van der Waals surface area contributed by atoms with E-state index in [1.165, 1.54) is 13.2 Å². The molecule has 0 spiro atoms. The van der Waals surface area contributed by atoms with Crippen molar-refractivity contribution in [2.45, 2.75) is 6.92 Å². The summed E-state index contributed by atoms with van der Waals surface area (Å²) < 4.78 is 9.79. The first-order chi connectivity index (χ1) is 10.6. The Balaban J connectivity index is 1.97. The van der Waals surface area contributed by atoms with Crippen molar-refractivity contribution in [1.82, 2.24) is 0 Å². The summed E-state index contributed by atoms with van der Waals surface area (Å²) in [6.07, 6.45) is 2.96. The van der Waals surface area contributed by atoms with Crippen LogP contribution in [0.1, 0.15) is 21.5 Å². The van der Waals surface area contributed by atoms with Gasteiger partial charge in [-0.1, -0.05) is 29.8 Å². The molecule has 0 saturated carbocycles. The minimum Gasteiger partial charge on any atom is -0.465 e. The number of hydrogen-bond acceptors (Lipinski definition) is 4. The molecule has 0 atom stereocenters. The molecule has 0 aliphatic rings. The van der Waals surface area contributed by atoms with Crippen LogP contribution in [0.3, 0.4) is 0 Å². The zero-order chi connectivity index (χ0) is 15.9. The van der Waals surface area contributed by atoms with Gasteiger partial charge < -0.3 is 9.47 Å². The molecule has 0 N–H and O–H groups in total. The summed E-state index contributed by atoms with van der Waals surface area (Å²) in [6, 6.07) is 14.0. The van der Waals surface area contributed by atoms with Crippen LogP contribution in [-0.2, 0) is 9.53 Å². The topological polar surface area (TPSA) is 52.6 Å². The van der Waals surface area contributed by atoms with Gasteiger partial charge in [0.25, 0.3) is 0 Å². The van der Waals surface area contributed by atoms with Crippen molar-refractivity contribution in [1.29, 1.82) is 0 Å². The quantitative estimate of drug-likeness (QED) is 0.493. The third kappa shape index (κ3) is 4.31. The van der Waals surface area contributed by atoms with Gasteiger partial charge in [0.1, 0.15) is 5.75 Å². The van der Waals surface area contributed by atoms with Crippen molar-refractivity contribution in [3.05, 3.63) is 71.3 Å². The van der Waals surface area contributed by atoms with Crippen LogP contribution in [0, 0.1) is 6.92 Å². The molecule has 112 valence electrons. The molecule has 0 saturated heterocycles. The van der Waals surface area contributed by atoms with Crippen LogP contribution in [0.15, 0.2) is 54.6 Å². The molecule has 0 aliphatic carbocycles. The smallest absolute Gasteiger partial charge is 0.337 e. The molecule has 0 fully saturated rings. The zero-order valence-corrected chi connectivity index (χ0v) is 12.4. The molecule has 0 unspecified atom stereocenters. The molecule has 4 heteroatoms. The molecule has 2 aromatic rings. The lowest BCUT2D eigenvalue weighted by Crippen LogP contribution is -2.03. The fourth-order valence-electron chi connectivity index (χ4n) is 1.77. The number of rotatable bonds is 4. The summed E-state index contributed by atoms with van der Waals surface area (Å²) in [7, 11) is 1.33. The van der Waals surface area contributed by atoms with Crippen molar-refractivity contribution in [2.24, 2.45) is 0 Å². The summed E-state index contributed by atoms with van der Waals surface area (Å²) in [5, 5.41) is 0. The molecule has 4 nitrogen and oxygen atoms in total. The lowest BCUT2D eigenvalue weighted by Gasteiger charge is -2.01. The summed E-state index contributed by atoms with van der Waals surface area (Å²) >= 11 is 0. The summed E-state index contributed by atoms with van der Waals surface area (Å²) in [6.45, 7) is 1.96. The highest BCUT2D eigenvalue weighted by Crippen LogP contribution is 2.12. The third-order valence-electron chi connectivity index (χ3n) is 2.98. The molecule has 0 radical (unpaired) electrons. The lowest BCUT2D eigenvalue weighted by molar-refractivity contribution is -0.128. The highest BCUT2D eigenvalue weighted by molar-refractivity contribution is 5.90. The predicted molar refractivity (Wildman–Crippen MR) is 83.6 cm³/mol. The largest absolute Gasteiger partial charge is 0.465 e. The number of esters is 2. The SMILES string of the molecule is COC(=O)c1ccc(/C=C/C(=O)Oc2ccc(C)cc2)cc1. The van der Waals surface area contributed by atoms with Crippen molar-refractivity contribution in [3.8, 4) is 5.75 Å². The Morgan fingerprint density at radius 2 is 1.59 bits per heavy atom. The Hall–Kier alpha value is -2.88. The van der Waals surface area contributed by atoms with Gasteiger partial charge in [0.2, 0.25) is 0 Å². The van der Waals surface area contributed by atoms with E-state index < -0.39 is 11.9 Å². The molecule has 0 aromatic heterocycles. The van der Waals surface area contributed by atoms with Gasteiger partial charge in [-0.3, -0.25) is 0 Å². The molecule has 0 amide bonds. The molecular formula is C18H16O4. The summed E-state index contributed by atoms with van der Waals surface area (Å²) in [5.41, 5.74) is 2.34. The molecule has 22 heavy (non-hydrogen) atoms. The van der Waals surface area contributed by atoms with Gasteiger partial charge in [-0.25, -0.2) is 9.59 Å². The molecule has 0 aliphatic heterocycles. The van der Waals surface area contributed by atoms with Gasteiger partial charge in [-0.2, -0.15) is 0 Å². The first-order valence-electron chi connectivity index (χ1n) is 6.73. The molecule has 2 aromatic carbocycles. The molecule has 0 bridgehead atoms. The number of methoxy groups -OCH3 is 1. The number of ether oxygens (including phenoxy) is 2. The van der Waals surface area contributed by atoms with Crippen LogP contribution in [0.2, 0.25) is 0 Å². The van der Waals surface area contributed by atoms with Crippen LogP contribution >= 0.6 is 0 Å². The van der Waals surface area contributed by atoms with E-state index in [9.17, 15) is 9.59 Å². The minimum atomic E-state index is -0.458. The number of benzene rings is 2. The monoisotopic (exact) mass is 296 g/mol. The van der Waals surface area contributed by atoms with Crippen LogP contribution in [0.5, 0.6) is 5.75 Å². The van der Waals surface area contributed by atoms with E-state index in [4.69, 9.17) is 4.74 Å². The Morgan fingerprint density at radius 1 is 0.955 bits per heavy atom. The maximum Gasteiger partial charge on any atom is 0.337 e. The van der Waals surface area contributed by atoms with Crippen molar-refractivity contribution >= 4 is 18.0 Å². The first kappa shape index (κ1) is 15.5. The Labute approximate surface area is 129 Å². The van der Waals surface area contributed by atoms with Gasteiger partial charge >= 0.3 is 11.9 Å². The Bertz CT molecular complexity index is 682. The average molecular weight is 296 g/mol. The Kier molecular flexibility index (Phi) is 5.09. The van der Waals surface area contributed by atoms with E-state index >= 15 is 0 Å². The second-order valence-corrected chi connectivity index (χ2v) is 4.68. The van der Waals surface area contributed by atoms with Gasteiger partial charge in [-0.05, 0) is 42.8 Å². The fourth-order valence-corrected chi connectivity index (χ4v) is 1.77. The average Bonchev–Trinajstić information content (AvgIpc) is 2.55. The summed E-state index contributed by atoms with van der Waals surface area (Å²) in [5.74, 6) is -0.350. The van der Waals surface area contributed by atoms with Crippen LogP contribution in [0.4, 0.5) is 0 Å². The van der Waals surface area contributed by atoms with Crippen molar-refractivity contribution in [3.63, 3.8) is 0 Å². The third-order valence-corrected chi connectivity index (χ3v) is 2.98. The predicted octanol–water partition coefficient (Wildman–Crippen LogP) is 3.40. The second kappa shape index (κ2) is 7.22. The number of hydrogen-bond donors (Lipinski definition) is 0. The maximum absolute atomic E-state index is 11.7. The van der Waals surface area contributed by atoms with E-state index in [1.807, 2.05) is 19.1 Å². The van der Waals surface area contributed by atoms with Gasteiger partial charge in [0.05, 0.1) is 12.7 Å². The highest BCUT2D eigenvalue weighted by Gasteiger charge is 2.04. The zero-order valence-electron chi connectivity index (χ0n) is 12.4. The second-order valence-electron chi connectivity index (χ2n) is 4.68. The number of carbonyl (C=O) groups is 2. The van der Waals surface area contributed by atoms with E-state index in [0.29, 0.717) is 11.3 Å². The van der Waals surface area contributed by atoms with E-state index in [-0.39, 0.29) is 0 Å². The summed E-state index contributed by atoms with van der Waals surface area (Å²) in [4.78, 5) is 23.0. The number of aryl methyl sites for hydroxylation is 1. The standard InChI is InChI=1S/C18H16O4/c1-13-3-10-16(11-4-13)22-17(19)12-7-14-5-8-15(9-6-14)18(20)21-2/h3-12H,1-2H3/b12-7+. The maximum atomic E-state index is 11.7. The van der Waals surface area contributed by atoms with E-state index in [2.05, 4.69) is 4.74 Å². The van der Waals surface area contributed by atoms with Crippen molar-refractivity contribution < 1.29 is 19.1 Å². The van der Waals surface area contributed by atoms with E-state index in [0.717, 1.165) is 11.1 Å². The van der Waals surface area contributed by atoms with Gasteiger partial charge in [0, 0.05) is 6.08 Å². The fraction of sp³-hybridized carbons (Fsp3) is 0.111. The molecule has 0 heterocycles. The lowest BCUT2D eigenvalue weighted by atomic mass is 10.1. The minimum absolute atomic E-state index is 0.394. The van der Waals surface area contributed by atoms with Crippen LogP contribution < -0.4 is 4.74 Å². The van der Waals surface area contributed by atoms with Gasteiger partial charge in [-0.15, -0.1) is 0 Å². The van der Waals surface area contributed by atoms with Gasteiger partial charge in [0.15, 0.2) is 0 Å². The normalized spacial score (nSPS) is 10.5. The van der Waals surface area contributed by atoms with Crippen molar-refractivity contribution in [2.75, 3.05) is 7.11 Å². The van der Waals surface area contributed by atoms with Crippen LogP contribution in [-0.4, -0.2) is 19.0 Å².